The van der Waals surface area contributed by atoms with Crippen LogP contribution in [-0.2, 0) is 19.5 Å². The van der Waals surface area contributed by atoms with E-state index in [0.717, 1.165) is 41.5 Å². The first-order valence-corrected chi connectivity index (χ1v) is 7.32. The summed E-state index contributed by atoms with van der Waals surface area (Å²) in [5.41, 5.74) is 3.36. The van der Waals surface area contributed by atoms with Crippen LogP contribution in [0.1, 0.15) is 16.8 Å². The van der Waals surface area contributed by atoms with Gasteiger partial charge in [-0.15, -0.1) is 0 Å². The lowest BCUT2D eigenvalue weighted by atomic mass is 10.1. The molecule has 0 atom stereocenters. The quantitative estimate of drug-likeness (QED) is 0.887. The van der Waals surface area contributed by atoms with E-state index in [9.17, 15) is 0 Å². The summed E-state index contributed by atoms with van der Waals surface area (Å²) in [7, 11) is 3.32. The van der Waals surface area contributed by atoms with Crippen LogP contribution in [0.5, 0.6) is 17.2 Å². The lowest BCUT2D eigenvalue weighted by Crippen LogP contribution is -2.14. The molecule has 116 valence electrons. The lowest BCUT2D eigenvalue weighted by molar-refractivity contribution is 0.355. The van der Waals surface area contributed by atoms with Crippen LogP contribution < -0.4 is 19.5 Å². The fourth-order valence-corrected chi connectivity index (χ4v) is 2.55. The lowest BCUT2D eigenvalue weighted by Gasteiger charge is -2.11. The van der Waals surface area contributed by atoms with Crippen molar-refractivity contribution >= 4 is 0 Å². The molecule has 0 aliphatic carbocycles. The molecule has 1 aromatic heterocycles. The van der Waals surface area contributed by atoms with Crippen LogP contribution in [0.25, 0.3) is 0 Å². The number of hydrogen-bond donors (Lipinski definition) is 1. The highest BCUT2D eigenvalue weighted by atomic mass is 16.5. The average molecular weight is 300 g/mol. The van der Waals surface area contributed by atoms with Gasteiger partial charge in [-0.3, -0.25) is 4.98 Å². The predicted octanol–water partition coefficient (Wildman–Crippen LogP) is 2.32. The Morgan fingerprint density at radius 1 is 1.18 bits per heavy atom. The topological polar surface area (TPSA) is 52.6 Å². The van der Waals surface area contributed by atoms with Crippen LogP contribution in [0.3, 0.4) is 0 Å². The van der Waals surface area contributed by atoms with Gasteiger partial charge in [0.1, 0.15) is 17.2 Å². The summed E-state index contributed by atoms with van der Waals surface area (Å²) >= 11 is 0. The molecule has 3 rings (SSSR count). The summed E-state index contributed by atoms with van der Waals surface area (Å²) in [6.45, 7) is 2.18. The van der Waals surface area contributed by atoms with Crippen molar-refractivity contribution in [2.24, 2.45) is 0 Å². The van der Waals surface area contributed by atoms with Gasteiger partial charge in [0.25, 0.3) is 0 Å². The maximum Gasteiger partial charge on any atom is 0.140 e. The van der Waals surface area contributed by atoms with Gasteiger partial charge in [0, 0.05) is 36.7 Å². The van der Waals surface area contributed by atoms with Gasteiger partial charge in [-0.25, -0.2) is 0 Å². The molecule has 0 unspecified atom stereocenters. The first-order chi connectivity index (χ1) is 10.8. The van der Waals surface area contributed by atoms with Crippen LogP contribution in [0, 0.1) is 0 Å². The Balaban J connectivity index is 1.61. The standard InChI is InChI=1S/C17H20N2O3/c1-20-15-4-3-13(16(8-15)21-2)9-18-10-14-7-12-5-6-22-17(12)11-19-14/h3-4,7-8,11,18H,5-6,9-10H2,1-2H3. The van der Waals surface area contributed by atoms with Gasteiger partial charge in [0.2, 0.25) is 0 Å². The molecule has 2 heterocycles. The number of methoxy groups -OCH3 is 2. The van der Waals surface area contributed by atoms with Crippen molar-refractivity contribution in [1.82, 2.24) is 10.3 Å². The number of nitrogens with zero attached hydrogens (tertiary/aromatic N) is 1. The van der Waals surface area contributed by atoms with E-state index < -0.39 is 0 Å². The first-order valence-electron chi connectivity index (χ1n) is 7.32. The summed E-state index contributed by atoms with van der Waals surface area (Å²) in [5.74, 6) is 2.53. The molecule has 22 heavy (non-hydrogen) atoms. The number of benzene rings is 1. The summed E-state index contributed by atoms with van der Waals surface area (Å²) in [4.78, 5) is 4.41. The maximum absolute atomic E-state index is 5.47. The van der Waals surface area contributed by atoms with Crippen LogP contribution in [0.15, 0.2) is 30.5 Å². The Hall–Kier alpha value is -2.27. The molecule has 5 heteroatoms. The number of pyridine rings is 1. The average Bonchev–Trinajstić information content (AvgIpc) is 3.02. The summed E-state index contributed by atoms with van der Waals surface area (Å²) in [5, 5.41) is 3.40. The van der Waals surface area contributed by atoms with Crippen molar-refractivity contribution in [1.29, 1.82) is 0 Å². The maximum atomic E-state index is 5.47. The molecule has 1 aromatic carbocycles. The molecule has 0 bridgehead atoms. The SMILES string of the molecule is COc1ccc(CNCc2cc3c(cn2)OCC3)c(OC)c1. The Bertz CT molecular complexity index is 658. The molecule has 5 nitrogen and oxygen atoms in total. The zero-order valence-electron chi connectivity index (χ0n) is 12.9. The minimum Gasteiger partial charge on any atom is -0.497 e. The third kappa shape index (κ3) is 3.14. The van der Waals surface area contributed by atoms with Crippen molar-refractivity contribution in [3.63, 3.8) is 0 Å². The Labute approximate surface area is 130 Å². The Morgan fingerprint density at radius 2 is 2.09 bits per heavy atom. The van der Waals surface area contributed by atoms with E-state index in [1.807, 2.05) is 24.4 Å². The molecule has 2 aromatic rings. The second kappa shape index (κ2) is 6.66. The second-order valence-electron chi connectivity index (χ2n) is 5.16. The molecule has 0 amide bonds. The molecular weight excluding hydrogens is 280 g/mol. The molecule has 1 aliphatic rings. The van der Waals surface area contributed by atoms with Crippen molar-refractivity contribution in [3.8, 4) is 17.2 Å². The number of hydrogen-bond acceptors (Lipinski definition) is 5. The molecule has 1 aliphatic heterocycles. The van der Waals surface area contributed by atoms with E-state index in [1.165, 1.54) is 5.56 Å². The number of ether oxygens (including phenoxy) is 3. The minimum atomic E-state index is 0.711. The normalized spacial score (nSPS) is 12.6. The molecular formula is C17H20N2O3. The number of aromatic nitrogens is 1. The van der Waals surface area contributed by atoms with Crippen LogP contribution in [0.2, 0.25) is 0 Å². The number of nitrogens with one attached hydrogen (secondary N) is 1. The molecule has 0 saturated heterocycles. The first kappa shape index (κ1) is 14.7. The van der Waals surface area contributed by atoms with E-state index in [1.54, 1.807) is 14.2 Å². The van der Waals surface area contributed by atoms with E-state index in [2.05, 4.69) is 16.4 Å². The molecule has 0 saturated carbocycles. The summed E-state index contributed by atoms with van der Waals surface area (Å²) < 4.78 is 16.1. The minimum absolute atomic E-state index is 0.711. The van der Waals surface area contributed by atoms with Crippen molar-refractivity contribution < 1.29 is 14.2 Å². The predicted molar refractivity (Wildman–Crippen MR) is 83.5 cm³/mol. The Morgan fingerprint density at radius 3 is 2.91 bits per heavy atom. The van der Waals surface area contributed by atoms with E-state index >= 15 is 0 Å². The second-order valence-corrected chi connectivity index (χ2v) is 5.16. The third-order valence-electron chi connectivity index (χ3n) is 3.75. The molecule has 1 N–H and O–H groups in total. The van der Waals surface area contributed by atoms with Crippen LogP contribution >= 0.6 is 0 Å². The van der Waals surface area contributed by atoms with E-state index in [-0.39, 0.29) is 0 Å². The molecule has 0 fully saturated rings. The van der Waals surface area contributed by atoms with E-state index in [4.69, 9.17) is 14.2 Å². The van der Waals surface area contributed by atoms with Crippen LogP contribution in [-0.4, -0.2) is 25.8 Å². The molecule has 0 spiro atoms. The summed E-state index contributed by atoms with van der Waals surface area (Å²) in [6, 6.07) is 7.95. The largest absolute Gasteiger partial charge is 0.497 e. The fourth-order valence-electron chi connectivity index (χ4n) is 2.55. The monoisotopic (exact) mass is 300 g/mol. The van der Waals surface area contributed by atoms with Gasteiger partial charge < -0.3 is 19.5 Å². The fraction of sp³-hybridized carbons (Fsp3) is 0.353. The zero-order valence-corrected chi connectivity index (χ0v) is 12.9. The highest BCUT2D eigenvalue weighted by molar-refractivity contribution is 5.40. The van der Waals surface area contributed by atoms with Crippen molar-refractivity contribution in [2.75, 3.05) is 20.8 Å². The van der Waals surface area contributed by atoms with Gasteiger partial charge in [-0.2, -0.15) is 0 Å². The van der Waals surface area contributed by atoms with Gasteiger partial charge >= 0.3 is 0 Å². The third-order valence-corrected chi connectivity index (χ3v) is 3.75. The van der Waals surface area contributed by atoms with Crippen molar-refractivity contribution in [2.45, 2.75) is 19.5 Å². The van der Waals surface area contributed by atoms with Crippen molar-refractivity contribution in [3.05, 3.63) is 47.3 Å². The number of fused-ring (bicyclic) bond motifs is 1. The highest BCUT2D eigenvalue weighted by Crippen LogP contribution is 2.25. The van der Waals surface area contributed by atoms with Gasteiger partial charge in [-0.05, 0) is 12.1 Å². The van der Waals surface area contributed by atoms with Gasteiger partial charge in [-0.1, -0.05) is 6.07 Å². The smallest absolute Gasteiger partial charge is 0.140 e. The zero-order chi connectivity index (χ0) is 15.4. The van der Waals surface area contributed by atoms with Crippen LogP contribution in [0.4, 0.5) is 0 Å². The molecule has 0 radical (unpaired) electrons. The highest BCUT2D eigenvalue weighted by Gasteiger charge is 2.13. The van der Waals surface area contributed by atoms with Gasteiger partial charge in [0.15, 0.2) is 0 Å². The number of rotatable bonds is 6. The van der Waals surface area contributed by atoms with E-state index in [0.29, 0.717) is 13.1 Å². The van der Waals surface area contributed by atoms with Gasteiger partial charge in [0.05, 0.1) is 32.7 Å². The summed E-state index contributed by atoms with van der Waals surface area (Å²) in [6.07, 6.45) is 2.78. The Kier molecular flexibility index (Phi) is 4.44.